The second-order valence-electron chi connectivity index (χ2n) is 3.99. The van der Waals surface area contributed by atoms with E-state index in [-0.39, 0.29) is 31.5 Å². The highest BCUT2D eigenvalue weighted by Gasteiger charge is 2.22. The number of nitrogens with two attached hydrogens (primary N) is 1. The highest BCUT2D eigenvalue weighted by atomic mass is 16.3. The van der Waals surface area contributed by atoms with Crippen molar-refractivity contribution in [3.63, 3.8) is 0 Å². The summed E-state index contributed by atoms with van der Waals surface area (Å²) in [4.78, 5) is 24.2. The summed E-state index contributed by atoms with van der Waals surface area (Å²) in [6.45, 7) is 1.41. The zero-order valence-electron chi connectivity index (χ0n) is 9.32. The van der Waals surface area contributed by atoms with E-state index in [0.29, 0.717) is 19.0 Å². The molecule has 16 heavy (non-hydrogen) atoms. The predicted molar refractivity (Wildman–Crippen MR) is 58.5 cm³/mol. The molecule has 92 valence electrons. The Morgan fingerprint density at radius 1 is 1.38 bits per heavy atom. The molecular formula is C10H19N3O3. The van der Waals surface area contributed by atoms with Crippen molar-refractivity contribution in [2.45, 2.75) is 12.8 Å². The number of aliphatic hydroxyl groups is 1. The van der Waals surface area contributed by atoms with Crippen LogP contribution in [0.4, 0.5) is 0 Å². The number of likely N-dealkylation sites (tertiary alicyclic amines) is 1. The fourth-order valence-electron chi connectivity index (χ4n) is 1.72. The lowest BCUT2D eigenvalue weighted by molar-refractivity contribution is -0.133. The molecule has 0 aliphatic carbocycles. The SMILES string of the molecule is NCC(=O)NCC(=O)N1CCC(CO)CC1. The van der Waals surface area contributed by atoms with Crippen LogP contribution in [-0.2, 0) is 9.59 Å². The van der Waals surface area contributed by atoms with Gasteiger partial charge < -0.3 is 21.1 Å². The first-order chi connectivity index (χ1) is 7.67. The van der Waals surface area contributed by atoms with E-state index in [4.69, 9.17) is 10.8 Å². The molecule has 0 saturated carbocycles. The summed E-state index contributed by atoms with van der Waals surface area (Å²) in [5.41, 5.74) is 5.11. The van der Waals surface area contributed by atoms with Crippen LogP contribution in [-0.4, -0.2) is 54.6 Å². The Morgan fingerprint density at radius 2 is 2.00 bits per heavy atom. The van der Waals surface area contributed by atoms with E-state index in [0.717, 1.165) is 12.8 Å². The number of hydrogen-bond donors (Lipinski definition) is 3. The fourth-order valence-corrected chi connectivity index (χ4v) is 1.72. The molecule has 6 heteroatoms. The van der Waals surface area contributed by atoms with Gasteiger partial charge in [-0.1, -0.05) is 0 Å². The molecule has 1 saturated heterocycles. The monoisotopic (exact) mass is 229 g/mol. The van der Waals surface area contributed by atoms with Gasteiger partial charge in [0.2, 0.25) is 11.8 Å². The van der Waals surface area contributed by atoms with E-state index in [9.17, 15) is 9.59 Å². The summed E-state index contributed by atoms with van der Waals surface area (Å²) in [6, 6.07) is 0. The van der Waals surface area contributed by atoms with E-state index in [1.165, 1.54) is 0 Å². The number of amides is 2. The largest absolute Gasteiger partial charge is 0.396 e. The van der Waals surface area contributed by atoms with E-state index in [1.807, 2.05) is 0 Å². The molecule has 0 aromatic carbocycles. The van der Waals surface area contributed by atoms with Crippen molar-refractivity contribution >= 4 is 11.8 Å². The van der Waals surface area contributed by atoms with Crippen LogP contribution in [0.5, 0.6) is 0 Å². The Labute approximate surface area is 94.8 Å². The maximum atomic E-state index is 11.6. The Kier molecular flexibility index (Phi) is 5.21. The van der Waals surface area contributed by atoms with Crippen LogP contribution >= 0.6 is 0 Å². The molecule has 1 aliphatic rings. The van der Waals surface area contributed by atoms with Crippen LogP contribution in [0.3, 0.4) is 0 Å². The second kappa shape index (κ2) is 6.44. The molecule has 0 spiro atoms. The lowest BCUT2D eigenvalue weighted by Crippen LogP contribution is -2.45. The topological polar surface area (TPSA) is 95.7 Å². The molecule has 1 rings (SSSR count). The Balaban J connectivity index is 2.25. The van der Waals surface area contributed by atoms with E-state index in [1.54, 1.807) is 4.90 Å². The van der Waals surface area contributed by atoms with Crippen molar-refractivity contribution in [2.24, 2.45) is 11.7 Å². The molecule has 1 aliphatic heterocycles. The maximum Gasteiger partial charge on any atom is 0.241 e. The summed E-state index contributed by atoms with van der Waals surface area (Å²) in [7, 11) is 0. The molecule has 6 nitrogen and oxygen atoms in total. The minimum Gasteiger partial charge on any atom is -0.396 e. The average Bonchev–Trinajstić information content (AvgIpc) is 2.35. The lowest BCUT2D eigenvalue weighted by atomic mass is 9.98. The third-order valence-corrected chi connectivity index (χ3v) is 2.85. The molecule has 0 radical (unpaired) electrons. The zero-order chi connectivity index (χ0) is 12.0. The van der Waals surface area contributed by atoms with Gasteiger partial charge in [-0.25, -0.2) is 0 Å². The van der Waals surface area contributed by atoms with Gasteiger partial charge in [-0.15, -0.1) is 0 Å². The average molecular weight is 229 g/mol. The van der Waals surface area contributed by atoms with Crippen molar-refractivity contribution in [3.8, 4) is 0 Å². The van der Waals surface area contributed by atoms with Crippen molar-refractivity contribution in [3.05, 3.63) is 0 Å². The standard InChI is InChI=1S/C10H19N3O3/c11-5-9(15)12-6-10(16)13-3-1-8(7-14)2-4-13/h8,14H,1-7,11H2,(H,12,15). The van der Waals surface area contributed by atoms with Gasteiger partial charge in [-0.3, -0.25) is 9.59 Å². The first-order valence-corrected chi connectivity index (χ1v) is 5.52. The number of nitrogens with one attached hydrogen (secondary N) is 1. The van der Waals surface area contributed by atoms with E-state index < -0.39 is 0 Å². The van der Waals surface area contributed by atoms with Crippen LogP contribution in [0, 0.1) is 5.92 Å². The number of piperidine rings is 1. The molecular weight excluding hydrogens is 210 g/mol. The lowest BCUT2D eigenvalue weighted by Gasteiger charge is -2.31. The summed E-state index contributed by atoms with van der Waals surface area (Å²) < 4.78 is 0. The fraction of sp³-hybridized carbons (Fsp3) is 0.800. The van der Waals surface area contributed by atoms with Gasteiger partial charge in [0.1, 0.15) is 0 Å². The third kappa shape index (κ3) is 3.79. The molecule has 1 heterocycles. The molecule has 0 unspecified atom stereocenters. The van der Waals surface area contributed by atoms with E-state index in [2.05, 4.69) is 5.32 Å². The minimum atomic E-state index is -0.321. The van der Waals surface area contributed by atoms with E-state index >= 15 is 0 Å². The van der Waals surface area contributed by atoms with Crippen molar-refractivity contribution in [2.75, 3.05) is 32.8 Å². The normalized spacial score (nSPS) is 17.2. The van der Waals surface area contributed by atoms with Crippen LogP contribution in [0.25, 0.3) is 0 Å². The van der Waals surface area contributed by atoms with Crippen LogP contribution in [0.1, 0.15) is 12.8 Å². The number of hydrogen-bond acceptors (Lipinski definition) is 4. The highest BCUT2D eigenvalue weighted by molar-refractivity contribution is 5.85. The van der Waals surface area contributed by atoms with Gasteiger partial charge in [-0.05, 0) is 18.8 Å². The molecule has 0 atom stereocenters. The van der Waals surface area contributed by atoms with Gasteiger partial charge in [-0.2, -0.15) is 0 Å². The number of aliphatic hydroxyl groups excluding tert-OH is 1. The first kappa shape index (κ1) is 12.9. The van der Waals surface area contributed by atoms with Crippen LogP contribution < -0.4 is 11.1 Å². The molecule has 4 N–H and O–H groups in total. The number of carbonyl (C=O) groups excluding carboxylic acids is 2. The molecule has 0 bridgehead atoms. The molecule has 0 aromatic heterocycles. The molecule has 1 fully saturated rings. The number of nitrogens with zero attached hydrogens (tertiary/aromatic N) is 1. The smallest absolute Gasteiger partial charge is 0.241 e. The van der Waals surface area contributed by atoms with Crippen LogP contribution in [0.15, 0.2) is 0 Å². The first-order valence-electron chi connectivity index (χ1n) is 5.52. The van der Waals surface area contributed by atoms with Gasteiger partial charge in [0.25, 0.3) is 0 Å². The summed E-state index contributed by atoms with van der Waals surface area (Å²) in [5, 5.41) is 11.4. The Hall–Kier alpha value is -1.14. The Bertz CT molecular complexity index is 250. The van der Waals surface area contributed by atoms with Gasteiger partial charge in [0.15, 0.2) is 0 Å². The van der Waals surface area contributed by atoms with Crippen molar-refractivity contribution < 1.29 is 14.7 Å². The predicted octanol–water partition coefficient (Wildman–Crippen LogP) is -1.71. The third-order valence-electron chi connectivity index (χ3n) is 2.85. The van der Waals surface area contributed by atoms with Crippen LogP contribution in [0.2, 0.25) is 0 Å². The second-order valence-corrected chi connectivity index (χ2v) is 3.99. The molecule has 2 amide bonds. The van der Waals surface area contributed by atoms with Crippen molar-refractivity contribution in [1.29, 1.82) is 0 Å². The minimum absolute atomic E-state index is 0.0137. The summed E-state index contributed by atoms with van der Waals surface area (Å²) in [5.74, 6) is -0.0977. The summed E-state index contributed by atoms with van der Waals surface area (Å²) in [6.07, 6.45) is 1.65. The summed E-state index contributed by atoms with van der Waals surface area (Å²) >= 11 is 0. The Morgan fingerprint density at radius 3 is 2.50 bits per heavy atom. The zero-order valence-corrected chi connectivity index (χ0v) is 9.32. The number of carbonyl (C=O) groups is 2. The quantitative estimate of drug-likeness (QED) is 0.535. The van der Waals surface area contributed by atoms with Gasteiger partial charge >= 0.3 is 0 Å². The molecule has 0 aromatic rings. The number of rotatable bonds is 4. The highest BCUT2D eigenvalue weighted by Crippen LogP contribution is 2.15. The van der Waals surface area contributed by atoms with Gasteiger partial charge in [0.05, 0.1) is 13.1 Å². The van der Waals surface area contributed by atoms with Gasteiger partial charge in [0, 0.05) is 19.7 Å². The maximum absolute atomic E-state index is 11.6. The van der Waals surface area contributed by atoms with Crippen molar-refractivity contribution in [1.82, 2.24) is 10.2 Å².